The highest BCUT2D eigenvalue weighted by molar-refractivity contribution is 7.13. The number of aromatic nitrogens is 2. The molecule has 1 N–H and O–H groups in total. The van der Waals surface area contributed by atoms with Crippen LogP contribution in [0.15, 0.2) is 0 Å². The van der Waals surface area contributed by atoms with Crippen LogP contribution in [0.5, 0.6) is 5.19 Å². The Kier molecular flexibility index (Phi) is 7.09. The van der Waals surface area contributed by atoms with E-state index in [1.165, 1.54) is 30.6 Å². The van der Waals surface area contributed by atoms with Gasteiger partial charge in [0, 0.05) is 6.54 Å². The van der Waals surface area contributed by atoms with Crippen molar-refractivity contribution < 1.29 is 4.74 Å². The van der Waals surface area contributed by atoms with Crippen LogP contribution in [0.25, 0.3) is 0 Å². The van der Waals surface area contributed by atoms with Crippen LogP contribution in [-0.4, -0.2) is 23.3 Å². The molecule has 0 aliphatic rings. The van der Waals surface area contributed by atoms with Gasteiger partial charge in [0.1, 0.15) is 5.01 Å². The molecule has 0 aliphatic heterocycles. The molecule has 1 rings (SSSR count). The van der Waals surface area contributed by atoms with E-state index in [0.717, 1.165) is 31.1 Å². The van der Waals surface area contributed by atoms with E-state index in [2.05, 4.69) is 29.4 Å². The van der Waals surface area contributed by atoms with Crippen molar-refractivity contribution in [3.05, 3.63) is 5.01 Å². The average molecular weight is 243 g/mol. The van der Waals surface area contributed by atoms with Crippen LogP contribution in [-0.2, 0) is 6.54 Å². The van der Waals surface area contributed by atoms with E-state index >= 15 is 0 Å². The van der Waals surface area contributed by atoms with Crippen LogP contribution in [0.4, 0.5) is 0 Å². The lowest BCUT2D eigenvalue weighted by Gasteiger charge is -2.00. The Hall–Kier alpha value is -0.680. The topological polar surface area (TPSA) is 47.0 Å². The van der Waals surface area contributed by atoms with Crippen LogP contribution in [0.1, 0.15) is 44.5 Å². The van der Waals surface area contributed by atoms with Gasteiger partial charge in [0.25, 0.3) is 5.19 Å². The average Bonchev–Trinajstić information content (AvgIpc) is 2.74. The fourth-order valence-corrected chi connectivity index (χ4v) is 1.97. The highest BCUT2D eigenvalue weighted by atomic mass is 32.1. The third-order valence-electron chi connectivity index (χ3n) is 2.20. The Labute approximate surface area is 101 Å². The quantitative estimate of drug-likeness (QED) is 0.677. The summed E-state index contributed by atoms with van der Waals surface area (Å²) in [6, 6.07) is 0. The van der Waals surface area contributed by atoms with Crippen molar-refractivity contribution in [1.82, 2.24) is 15.5 Å². The summed E-state index contributed by atoms with van der Waals surface area (Å²) in [5.41, 5.74) is 0. The van der Waals surface area contributed by atoms with E-state index in [1.807, 2.05) is 0 Å². The molecule has 0 aliphatic carbocycles. The molecule has 92 valence electrons. The molecule has 0 saturated carbocycles. The molecule has 16 heavy (non-hydrogen) atoms. The summed E-state index contributed by atoms with van der Waals surface area (Å²) in [6.45, 7) is 6.78. The molecular formula is C11H21N3OS. The Morgan fingerprint density at radius 3 is 2.81 bits per heavy atom. The standard InChI is InChI=1S/C11H21N3OS/c1-3-5-6-7-8-15-11-14-13-10(16-11)9-12-4-2/h12H,3-9H2,1-2H3. The van der Waals surface area contributed by atoms with Crippen LogP contribution in [0, 0.1) is 0 Å². The number of nitrogens with zero attached hydrogens (tertiary/aromatic N) is 2. The maximum atomic E-state index is 5.53. The fourth-order valence-electron chi connectivity index (χ4n) is 1.29. The molecule has 5 heteroatoms. The highest BCUT2D eigenvalue weighted by Crippen LogP contribution is 2.17. The summed E-state index contributed by atoms with van der Waals surface area (Å²) in [5.74, 6) is 0. The Morgan fingerprint density at radius 2 is 2.06 bits per heavy atom. The summed E-state index contributed by atoms with van der Waals surface area (Å²) >= 11 is 1.53. The first kappa shape index (κ1) is 13.4. The predicted molar refractivity (Wildman–Crippen MR) is 66.9 cm³/mol. The second kappa shape index (κ2) is 8.47. The van der Waals surface area contributed by atoms with Crippen molar-refractivity contribution in [3.8, 4) is 5.19 Å². The van der Waals surface area contributed by atoms with Gasteiger partial charge in [0.2, 0.25) is 0 Å². The lowest BCUT2D eigenvalue weighted by molar-refractivity contribution is 0.301. The van der Waals surface area contributed by atoms with Crippen molar-refractivity contribution in [2.24, 2.45) is 0 Å². The number of hydrogen-bond donors (Lipinski definition) is 1. The lowest BCUT2D eigenvalue weighted by atomic mass is 10.2. The van der Waals surface area contributed by atoms with Gasteiger partial charge in [0.05, 0.1) is 6.61 Å². The molecule has 4 nitrogen and oxygen atoms in total. The summed E-state index contributed by atoms with van der Waals surface area (Å²) in [4.78, 5) is 0. The zero-order chi connectivity index (χ0) is 11.6. The number of nitrogens with one attached hydrogen (secondary N) is 1. The summed E-state index contributed by atoms with van der Waals surface area (Å²) in [6.07, 6.45) is 4.88. The predicted octanol–water partition coefficient (Wildman–Crippen LogP) is 2.61. The van der Waals surface area contributed by atoms with Gasteiger partial charge in [-0.3, -0.25) is 0 Å². The van der Waals surface area contributed by atoms with Crippen molar-refractivity contribution >= 4 is 11.3 Å². The first-order valence-electron chi connectivity index (χ1n) is 6.02. The van der Waals surface area contributed by atoms with Gasteiger partial charge in [-0.25, -0.2) is 0 Å². The molecule has 0 amide bonds. The van der Waals surface area contributed by atoms with Gasteiger partial charge in [-0.2, -0.15) is 0 Å². The largest absolute Gasteiger partial charge is 0.469 e. The van der Waals surface area contributed by atoms with E-state index in [9.17, 15) is 0 Å². The minimum Gasteiger partial charge on any atom is -0.469 e. The highest BCUT2D eigenvalue weighted by Gasteiger charge is 2.03. The maximum absolute atomic E-state index is 5.53. The minimum absolute atomic E-state index is 0.699. The van der Waals surface area contributed by atoms with E-state index < -0.39 is 0 Å². The normalized spacial score (nSPS) is 10.6. The Morgan fingerprint density at radius 1 is 1.19 bits per heavy atom. The van der Waals surface area contributed by atoms with Crippen LogP contribution in [0.3, 0.4) is 0 Å². The van der Waals surface area contributed by atoms with Gasteiger partial charge in [-0.1, -0.05) is 44.4 Å². The molecule has 0 aromatic carbocycles. The molecule has 1 heterocycles. The molecule has 0 atom stereocenters. The Balaban J connectivity index is 2.14. The molecule has 0 unspecified atom stereocenters. The van der Waals surface area contributed by atoms with E-state index in [1.54, 1.807) is 0 Å². The van der Waals surface area contributed by atoms with E-state index in [4.69, 9.17) is 4.74 Å². The Bertz CT molecular complexity index is 278. The zero-order valence-corrected chi connectivity index (χ0v) is 11.0. The second-order valence-electron chi connectivity index (χ2n) is 3.65. The lowest BCUT2D eigenvalue weighted by Crippen LogP contribution is -2.11. The number of ether oxygens (including phenoxy) is 1. The van der Waals surface area contributed by atoms with Crippen molar-refractivity contribution in [2.45, 2.75) is 46.1 Å². The van der Waals surface area contributed by atoms with E-state index in [-0.39, 0.29) is 0 Å². The van der Waals surface area contributed by atoms with Gasteiger partial charge >= 0.3 is 0 Å². The third kappa shape index (κ3) is 5.42. The molecular weight excluding hydrogens is 222 g/mol. The van der Waals surface area contributed by atoms with Crippen LogP contribution >= 0.6 is 11.3 Å². The van der Waals surface area contributed by atoms with E-state index in [0.29, 0.717) is 5.19 Å². The molecule has 1 aromatic heterocycles. The summed E-state index contributed by atoms with van der Waals surface area (Å²) in [5, 5.41) is 12.9. The van der Waals surface area contributed by atoms with Crippen molar-refractivity contribution in [3.63, 3.8) is 0 Å². The van der Waals surface area contributed by atoms with Crippen molar-refractivity contribution in [2.75, 3.05) is 13.2 Å². The minimum atomic E-state index is 0.699. The number of hydrogen-bond acceptors (Lipinski definition) is 5. The molecule has 1 aromatic rings. The molecule has 0 radical (unpaired) electrons. The second-order valence-corrected chi connectivity index (χ2v) is 4.68. The number of unbranched alkanes of at least 4 members (excludes halogenated alkanes) is 3. The molecule has 0 fully saturated rings. The maximum Gasteiger partial charge on any atom is 0.294 e. The first-order chi connectivity index (χ1) is 7.86. The SMILES string of the molecule is CCCCCCOc1nnc(CNCC)s1. The fraction of sp³-hybridized carbons (Fsp3) is 0.818. The molecule has 0 spiro atoms. The number of rotatable bonds is 9. The smallest absolute Gasteiger partial charge is 0.294 e. The molecule has 0 saturated heterocycles. The van der Waals surface area contributed by atoms with Crippen LogP contribution in [0.2, 0.25) is 0 Å². The summed E-state index contributed by atoms with van der Waals surface area (Å²) < 4.78 is 5.53. The zero-order valence-electron chi connectivity index (χ0n) is 10.2. The van der Waals surface area contributed by atoms with Gasteiger partial charge < -0.3 is 10.1 Å². The molecule has 0 bridgehead atoms. The van der Waals surface area contributed by atoms with Crippen LogP contribution < -0.4 is 10.1 Å². The van der Waals surface area contributed by atoms with Gasteiger partial charge in [-0.05, 0) is 13.0 Å². The van der Waals surface area contributed by atoms with Crippen molar-refractivity contribution in [1.29, 1.82) is 0 Å². The monoisotopic (exact) mass is 243 g/mol. The summed E-state index contributed by atoms with van der Waals surface area (Å²) in [7, 11) is 0. The van der Waals surface area contributed by atoms with Gasteiger partial charge in [0.15, 0.2) is 0 Å². The first-order valence-corrected chi connectivity index (χ1v) is 6.84. The van der Waals surface area contributed by atoms with Gasteiger partial charge in [-0.15, -0.1) is 10.2 Å². The third-order valence-corrected chi connectivity index (χ3v) is 3.03.